The standard InChI is InChI=1S/C15H19N3O/c1-3-4-5-12(2)17-13-6-8-14(9-7-13)18-11-10-16-15(18)19/h3,6-12,17H,1,4-5H2,2H3,(H,16,19). The Morgan fingerprint density at radius 3 is 2.74 bits per heavy atom. The fraction of sp³-hybridized carbons (Fsp3) is 0.267. The quantitative estimate of drug-likeness (QED) is 0.782. The molecule has 1 aromatic heterocycles. The number of nitrogens with zero attached hydrogens (tertiary/aromatic N) is 1. The van der Waals surface area contributed by atoms with Crippen molar-refractivity contribution < 1.29 is 0 Å². The maximum absolute atomic E-state index is 11.5. The van der Waals surface area contributed by atoms with E-state index in [-0.39, 0.29) is 5.69 Å². The van der Waals surface area contributed by atoms with Gasteiger partial charge in [-0.1, -0.05) is 6.08 Å². The average Bonchev–Trinajstić information content (AvgIpc) is 2.83. The number of nitrogens with one attached hydrogen (secondary N) is 2. The molecule has 0 spiro atoms. The van der Waals surface area contributed by atoms with Crippen molar-refractivity contribution in [3.8, 4) is 5.69 Å². The molecule has 0 fully saturated rings. The smallest absolute Gasteiger partial charge is 0.330 e. The first-order valence-electron chi connectivity index (χ1n) is 6.44. The number of allylic oxidation sites excluding steroid dienone is 1. The average molecular weight is 257 g/mol. The third-order valence-corrected chi connectivity index (χ3v) is 3.01. The van der Waals surface area contributed by atoms with Crippen molar-refractivity contribution in [2.45, 2.75) is 25.8 Å². The molecule has 0 aliphatic heterocycles. The minimum atomic E-state index is -0.125. The van der Waals surface area contributed by atoms with Crippen LogP contribution in [0.1, 0.15) is 19.8 Å². The van der Waals surface area contributed by atoms with Gasteiger partial charge < -0.3 is 10.3 Å². The molecule has 2 rings (SSSR count). The van der Waals surface area contributed by atoms with Gasteiger partial charge in [0.1, 0.15) is 0 Å². The maximum Gasteiger partial charge on any atom is 0.330 e. The van der Waals surface area contributed by atoms with Crippen molar-refractivity contribution in [2.75, 3.05) is 5.32 Å². The lowest BCUT2D eigenvalue weighted by Gasteiger charge is -2.14. The minimum Gasteiger partial charge on any atom is -0.383 e. The van der Waals surface area contributed by atoms with Crippen molar-refractivity contribution >= 4 is 5.69 Å². The number of H-pyrrole nitrogens is 1. The molecule has 0 bridgehead atoms. The van der Waals surface area contributed by atoms with E-state index in [0.717, 1.165) is 24.2 Å². The molecular formula is C15H19N3O. The molecule has 2 aromatic rings. The van der Waals surface area contributed by atoms with E-state index in [1.807, 2.05) is 30.3 Å². The molecule has 0 radical (unpaired) electrons. The van der Waals surface area contributed by atoms with Crippen LogP contribution in [0.2, 0.25) is 0 Å². The molecule has 0 aliphatic rings. The van der Waals surface area contributed by atoms with Gasteiger partial charge in [-0.25, -0.2) is 4.79 Å². The molecule has 1 aromatic carbocycles. The molecule has 2 N–H and O–H groups in total. The number of hydrogen-bond donors (Lipinski definition) is 2. The zero-order valence-electron chi connectivity index (χ0n) is 11.1. The Morgan fingerprint density at radius 2 is 2.16 bits per heavy atom. The Bertz CT molecular complexity index is 580. The lowest BCUT2D eigenvalue weighted by atomic mass is 10.1. The summed E-state index contributed by atoms with van der Waals surface area (Å²) in [6.45, 7) is 5.87. The first kappa shape index (κ1) is 13.2. The van der Waals surface area contributed by atoms with Gasteiger partial charge >= 0.3 is 5.69 Å². The number of aromatic amines is 1. The number of rotatable bonds is 6. The van der Waals surface area contributed by atoms with Crippen molar-refractivity contribution in [3.05, 3.63) is 59.8 Å². The highest BCUT2D eigenvalue weighted by Crippen LogP contribution is 2.14. The summed E-state index contributed by atoms with van der Waals surface area (Å²) in [6.07, 6.45) is 7.34. The lowest BCUT2D eigenvalue weighted by molar-refractivity contribution is 0.719. The first-order valence-corrected chi connectivity index (χ1v) is 6.44. The van der Waals surface area contributed by atoms with E-state index in [0.29, 0.717) is 6.04 Å². The van der Waals surface area contributed by atoms with Gasteiger partial charge in [0.2, 0.25) is 0 Å². The summed E-state index contributed by atoms with van der Waals surface area (Å²) in [6, 6.07) is 8.23. The summed E-state index contributed by atoms with van der Waals surface area (Å²) in [7, 11) is 0. The molecule has 0 amide bonds. The second-order valence-corrected chi connectivity index (χ2v) is 4.59. The molecule has 4 heteroatoms. The number of aromatic nitrogens is 2. The van der Waals surface area contributed by atoms with Crippen molar-refractivity contribution in [1.82, 2.24) is 9.55 Å². The Hall–Kier alpha value is -2.23. The second-order valence-electron chi connectivity index (χ2n) is 4.59. The van der Waals surface area contributed by atoms with Crippen LogP contribution in [-0.4, -0.2) is 15.6 Å². The Morgan fingerprint density at radius 1 is 1.42 bits per heavy atom. The summed E-state index contributed by atoms with van der Waals surface area (Å²) in [5.74, 6) is 0. The number of imidazole rings is 1. The molecule has 4 nitrogen and oxygen atoms in total. The van der Waals surface area contributed by atoms with E-state index in [1.54, 1.807) is 17.0 Å². The van der Waals surface area contributed by atoms with Gasteiger partial charge in [0.15, 0.2) is 0 Å². The predicted octanol–water partition coefficient (Wildman–Crippen LogP) is 2.93. The van der Waals surface area contributed by atoms with Crippen LogP contribution in [0, 0.1) is 0 Å². The molecule has 1 heterocycles. The molecule has 100 valence electrons. The molecule has 19 heavy (non-hydrogen) atoms. The largest absolute Gasteiger partial charge is 0.383 e. The lowest BCUT2D eigenvalue weighted by Crippen LogP contribution is -2.15. The molecule has 0 saturated carbocycles. The third kappa shape index (κ3) is 3.37. The highest BCUT2D eigenvalue weighted by molar-refractivity contribution is 5.49. The summed E-state index contributed by atoms with van der Waals surface area (Å²) < 4.78 is 1.57. The fourth-order valence-corrected chi connectivity index (χ4v) is 1.97. The summed E-state index contributed by atoms with van der Waals surface area (Å²) in [5, 5.41) is 3.42. The van der Waals surface area contributed by atoms with Gasteiger partial charge in [0.25, 0.3) is 0 Å². The van der Waals surface area contributed by atoms with Crippen LogP contribution < -0.4 is 11.0 Å². The second kappa shape index (κ2) is 6.09. The van der Waals surface area contributed by atoms with Crippen molar-refractivity contribution in [2.24, 2.45) is 0 Å². The Balaban J connectivity index is 2.05. The first-order chi connectivity index (χ1) is 9.20. The van der Waals surface area contributed by atoms with E-state index in [2.05, 4.69) is 23.8 Å². The van der Waals surface area contributed by atoms with Crippen LogP contribution in [0.5, 0.6) is 0 Å². The van der Waals surface area contributed by atoms with Gasteiger partial charge in [-0.2, -0.15) is 0 Å². The summed E-state index contributed by atoms with van der Waals surface area (Å²) >= 11 is 0. The van der Waals surface area contributed by atoms with Crippen LogP contribution in [0.4, 0.5) is 5.69 Å². The summed E-state index contributed by atoms with van der Waals surface area (Å²) in [5.41, 5.74) is 1.79. The van der Waals surface area contributed by atoms with E-state index >= 15 is 0 Å². The minimum absolute atomic E-state index is 0.125. The zero-order chi connectivity index (χ0) is 13.7. The third-order valence-electron chi connectivity index (χ3n) is 3.01. The van der Waals surface area contributed by atoms with Crippen LogP contribution in [0.25, 0.3) is 5.69 Å². The summed E-state index contributed by atoms with van der Waals surface area (Å²) in [4.78, 5) is 14.1. The topological polar surface area (TPSA) is 49.8 Å². The van der Waals surface area contributed by atoms with E-state index < -0.39 is 0 Å². The molecule has 0 aliphatic carbocycles. The monoisotopic (exact) mass is 257 g/mol. The van der Waals surface area contributed by atoms with Gasteiger partial charge in [0.05, 0.1) is 5.69 Å². The molecule has 1 atom stereocenters. The molecule has 0 saturated heterocycles. The number of anilines is 1. The molecular weight excluding hydrogens is 238 g/mol. The van der Waals surface area contributed by atoms with Crippen LogP contribution in [-0.2, 0) is 0 Å². The van der Waals surface area contributed by atoms with E-state index in [9.17, 15) is 4.79 Å². The van der Waals surface area contributed by atoms with Crippen LogP contribution in [0.15, 0.2) is 54.1 Å². The number of hydrogen-bond acceptors (Lipinski definition) is 2. The fourth-order valence-electron chi connectivity index (χ4n) is 1.97. The van der Waals surface area contributed by atoms with Crippen molar-refractivity contribution in [3.63, 3.8) is 0 Å². The van der Waals surface area contributed by atoms with Gasteiger partial charge in [-0.3, -0.25) is 4.57 Å². The van der Waals surface area contributed by atoms with Crippen LogP contribution >= 0.6 is 0 Å². The van der Waals surface area contributed by atoms with E-state index in [1.165, 1.54) is 0 Å². The number of benzene rings is 1. The molecule has 1 unspecified atom stereocenters. The normalized spacial score (nSPS) is 12.1. The zero-order valence-corrected chi connectivity index (χ0v) is 11.1. The van der Waals surface area contributed by atoms with Gasteiger partial charge in [-0.15, -0.1) is 6.58 Å². The predicted molar refractivity (Wildman–Crippen MR) is 78.9 cm³/mol. The van der Waals surface area contributed by atoms with Gasteiger partial charge in [-0.05, 0) is 44.0 Å². The highest BCUT2D eigenvalue weighted by Gasteiger charge is 2.02. The van der Waals surface area contributed by atoms with Crippen molar-refractivity contribution in [1.29, 1.82) is 0 Å². The Labute approximate surface area is 112 Å². The van der Waals surface area contributed by atoms with Crippen LogP contribution in [0.3, 0.4) is 0 Å². The van der Waals surface area contributed by atoms with E-state index in [4.69, 9.17) is 0 Å². The Kier molecular flexibility index (Phi) is 4.23. The van der Waals surface area contributed by atoms with Gasteiger partial charge in [0, 0.05) is 24.1 Å². The highest BCUT2D eigenvalue weighted by atomic mass is 16.1. The SMILES string of the molecule is C=CCCC(C)Nc1ccc(-n2cc[nH]c2=O)cc1. The maximum atomic E-state index is 11.5.